The van der Waals surface area contributed by atoms with E-state index in [1.54, 1.807) is 30.6 Å². The molecule has 0 saturated carbocycles. The van der Waals surface area contributed by atoms with Crippen molar-refractivity contribution in [1.29, 1.82) is 0 Å². The molecule has 1 aromatic heterocycles. The molecule has 0 fully saturated rings. The summed E-state index contributed by atoms with van der Waals surface area (Å²) >= 11 is 11.8. The van der Waals surface area contributed by atoms with Crippen LogP contribution in [-0.2, 0) is 6.42 Å². The van der Waals surface area contributed by atoms with Crippen LogP contribution in [0.2, 0.25) is 10.0 Å². The van der Waals surface area contributed by atoms with E-state index in [4.69, 9.17) is 33.7 Å². The van der Waals surface area contributed by atoms with Crippen LogP contribution in [0, 0.1) is 0 Å². The fraction of sp³-hybridized carbons (Fsp3) is 0.231. The van der Waals surface area contributed by atoms with Crippen LogP contribution in [0.15, 0.2) is 30.6 Å². The highest BCUT2D eigenvalue weighted by Crippen LogP contribution is 2.30. The van der Waals surface area contributed by atoms with E-state index in [-0.39, 0.29) is 12.1 Å². The van der Waals surface area contributed by atoms with Crippen LogP contribution in [0.1, 0.15) is 12.5 Å². The molecule has 0 amide bonds. The predicted octanol–water partition coefficient (Wildman–Crippen LogP) is 3.47. The van der Waals surface area contributed by atoms with Crippen molar-refractivity contribution in [2.75, 3.05) is 0 Å². The first-order chi connectivity index (χ1) is 9.04. The summed E-state index contributed by atoms with van der Waals surface area (Å²) in [5.41, 5.74) is 6.67. The van der Waals surface area contributed by atoms with Crippen LogP contribution in [-0.4, -0.2) is 16.0 Å². The maximum Gasteiger partial charge on any atom is 0.321 e. The van der Waals surface area contributed by atoms with Crippen molar-refractivity contribution < 1.29 is 4.74 Å². The molecule has 19 heavy (non-hydrogen) atoms. The van der Waals surface area contributed by atoms with Crippen LogP contribution in [0.4, 0.5) is 0 Å². The molecule has 1 aromatic carbocycles. The molecule has 4 nitrogen and oxygen atoms in total. The molecule has 1 unspecified atom stereocenters. The number of ether oxygens (including phenoxy) is 1. The van der Waals surface area contributed by atoms with Gasteiger partial charge in [-0.05, 0) is 37.1 Å². The van der Waals surface area contributed by atoms with E-state index in [0.717, 1.165) is 12.0 Å². The van der Waals surface area contributed by atoms with Gasteiger partial charge in [-0.2, -0.15) is 0 Å². The Morgan fingerprint density at radius 2 is 1.95 bits per heavy atom. The second-order valence-electron chi connectivity index (χ2n) is 4.23. The molecule has 0 spiro atoms. The Morgan fingerprint density at radius 3 is 2.53 bits per heavy atom. The van der Waals surface area contributed by atoms with E-state index >= 15 is 0 Å². The highest BCUT2D eigenvalue weighted by molar-refractivity contribution is 6.35. The van der Waals surface area contributed by atoms with E-state index in [9.17, 15) is 0 Å². The predicted molar refractivity (Wildman–Crippen MR) is 75.9 cm³/mol. The Kier molecular flexibility index (Phi) is 4.58. The lowest BCUT2D eigenvalue weighted by atomic mass is 10.1. The van der Waals surface area contributed by atoms with Gasteiger partial charge in [0.15, 0.2) is 0 Å². The number of nitrogens with two attached hydrogens (primary N) is 1. The largest absolute Gasteiger partial charge is 0.423 e. The summed E-state index contributed by atoms with van der Waals surface area (Å²) in [6, 6.07) is 5.26. The summed E-state index contributed by atoms with van der Waals surface area (Å²) in [6.45, 7) is 1.93. The summed E-state index contributed by atoms with van der Waals surface area (Å²) in [6.07, 6.45) is 4.10. The lowest BCUT2D eigenvalue weighted by Crippen LogP contribution is -2.17. The summed E-state index contributed by atoms with van der Waals surface area (Å²) in [7, 11) is 0. The van der Waals surface area contributed by atoms with Crippen molar-refractivity contribution in [1.82, 2.24) is 9.97 Å². The molecule has 6 heteroatoms. The third-order valence-electron chi connectivity index (χ3n) is 2.33. The number of hydrogen-bond donors (Lipinski definition) is 1. The molecule has 0 bridgehead atoms. The minimum Gasteiger partial charge on any atom is -0.423 e. The van der Waals surface area contributed by atoms with Gasteiger partial charge in [-0.25, -0.2) is 9.97 Å². The monoisotopic (exact) mass is 297 g/mol. The fourth-order valence-corrected chi connectivity index (χ4v) is 1.98. The summed E-state index contributed by atoms with van der Waals surface area (Å²) in [4.78, 5) is 8.22. The Balaban J connectivity index is 2.10. The van der Waals surface area contributed by atoms with Crippen LogP contribution in [0.3, 0.4) is 0 Å². The van der Waals surface area contributed by atoms with Gasteiger partial charge in [0.2, 0.25) is 0 Å². The van der Waals surface area contributed by atoms with Gasteiger partial charge in [0, 0.05) is 23.5 Å². The summed E-state index contributed by atoms with van der Waals surface area (Å²) in [5, 5.41) is 0.960. The van der Waals surface area contributed by atoms with Gasteiger partial charge in [0.1, 0.15) is 5.75 Å². The number of aromatic nitrogens is 2. The quantitative estimate of drug-likeness (QED) is 0.939. The van der Waals surface area contributed by atoms with Gasteiger partial charge >= 0.3 is 6.01 Å². The number of nitrogens with zero attached hydrogens (tertiary/aromatic N) is 2. The number of hydrogen-bond acceptors (Lipinski definition) is 4. The molecule has 0 aliphatic carbocycles. The normalized spacial score (nSPS) is 12.2. The Hall–Kier alpha value is -1.36. The van der Waals surface area contributed by atoms with Gasteiger partial charge in [-0.15, -0.1) is 0 Å². The zero-order valence-electron chi connectivity index (χ0n) is 10.3. The van der Waals surface area contributed by atoms with E-state index in [2.05, 4.69) is 9.97 Å². The Morgan fingerprint density at radius 1 is 1.26 bits per heavy atom. The van der Waals surface area contributed by atoms with E-state index < -0.39 is 0 Å². The summed E-state index contributed by atoms with van der Waals surface area (Å²) in [5.74, 6) is 0.464. The number of benzene rings is 1. The van der Waals surface area contributed by atoms with Crippen molar-refractivity contribution >= 4 is 23.2 Å². The zero-order chi connectivity index (χ0) is 13.8. The van der Waals surface area contributed by atoms with Crippen LogP contribution < -0.4 is 10.5 Å². The minimum atomic E-state index is 0.0704. The standard InChI is InChI=1S/C13H13Cl2N3O/c1-8(16)4-9-6-17-13(18-7-9)19-12-3-2-10(14)5-11(12)15/h2-3,5-8H,4,16H2,1H3. The molecule has 2 rings (SSSR count). The van der Waals surface area contributed by atoms with E-state index in [1.165, 1.54) is 0 Å². The average molecular weight is 298 g/mol. The fourth-order valence-electron chi connectivity index (χ4n) is 1.53. The highest BCUT2D eigenvalue weighted by Gasteiger charge is 2.06. The second kappa shape index (κ2) is 6.19. The highest BCUT2D eigenvalue weighted by atomic mass is 35.5. The van der Waals surface area contributed by atoms with Crippen LogP contribution in [0.5, 0.6) is 11.8 Å². The molecule has 0 radical (unpaired) electrons. The van der Waals surface area contributed by atoms with Crippen molar-refractivity contribution in [2.24, 2.45) is 5.73 Å². The molecule has 1 atom stereocenters. The molecule has 0 aliphatic heterocycles. The lowest BCUT2D eigenvalue weighted by Gasteiger charge is -2.07. The van der Waals surface area contributed by atoms with Crippen molar-refractivity contribution in [3.63, 3.8) is 0 Å². The first kappa shape index (κ1) is 14.1. The summed E-state index contributed by atoms with van der Waals surface area (Å²) < 4.78 is 5.48. The topological polar surface area (TPSA) is 61.0 Å². The Labute approximate surface area is 121 Å². The molecule has 2 aromatic rings. The smallest absolute Gasteiger partial charge is 0.321 e. The maximum atomic E-state index is 6.00. The van der Waals surface area contributed by atoms with Gasteiger partial charge in [-0.3, -0.25) is 0 Å². The third kappa shape index (κ3) is 4.06. The zero-order valence-corrected chi connectivity index (χ0v) is 11.8. The van der Waals surface area contributed by atoms with Gasteiger partial charge in [0.05, 0.1) is 5.02 Å². The SMILES string of the molecule is CC(N)Cc1cnc(Oc2ccc(Cl)cc2Cl)nc1. The molecule has 0 aliphatic rings. The third-order valence-corrected chi connectivity index (χ3v) is 2.86. The molecule has 1 heterocycles. The van der Waals surface area contributed by atoms with Gasteiger partial charge in [-0.1, -0.05) is 23.2 Å². The molecular formula is C13H13Cl2N3O. The average Bonchev–Trinajstić information content (AvgIpc) is 2.34. The molecule has 0 saturated heterocycles. The number of rotatable bonds is 4. The van der Waals surface area contributed by atoms with Crippen molar-refractivity contribution in [2.45, 2.75) is 19.4 Å². The molecule has 100 valence electrons. The van der Waals surface area contributed by atoms with Crippen molar-refractivity contribution in [3.05, 3.63) is 46.2 Å². The van der Waals surface area contributed by atoms with Gasteiger partial charge in [0.25, 0.3) is 0 Å². The first-order valence-electron chi connectivity index (χ1n) is 5.74. The van der Waals surface area contributed by atoms with E-state index in [1.807, 2.05) is 6.92 Å². The van der Waals surface area contributed by atoms with Crippen molar-refractivity contribution in [3.8, 4) is 11.8 Å². The molecule has 2 N–H and O–H groups in total. The maximum absolute atomic E-state index is 6.00. The molecular weight excluding hydrogens is 285 g/mol. The van der Waals surface area contributed by atoms with E-state index in [0.29, 0.717) is 15.8 Å². The first-order valence-corrected chi connectivity index (χ1v) is 6.49. The number of halogens is 2. The van der Waals surface area contributed by atoms with Crippen LogP contribution >= 0.6 is 23.2 Å². The lowest BCUT2D eigenvalue weighted by molar-refractivity contribution is 0.441. The van der Waals surface area contributed by atoms with Gasteiger partial charge < -0.3 is 10.5 Å². The van der Waals surface area contributed by atoms with Crippen LogP contribution in [0.25, 0.3) is 0 Å². The Bertz CT molecular complexity index is 558. The minimum absolute atomic E-state index is 0.0704. The second-order valence-corrected chi connectivity index (χ2v) is 5.08.